The average Bonchev–Trinajstić information content (AvgIpc) is 3.05. The van der Waals surface area contributed by atoms with Gasteiger partial charge >= 0.3 is 5.97 Å². The van der Waals surface area contributed by atoms with Gasteiger partial charge in [-0.2, -0.15) is 0 Å². The molecule has 0 unspecified atom stereocenters. The number of aromatic nitrogens is 1. The molecule has 1 aromatic heterocycles. The molecule has 2 aromatic carbocycles. The van der Waals surface area contributed by atoms with E-state index in [0.29, 0.717) is 10.7 Å². The zero-order chi connectivity index (χ0) is 23.7. The highest BCUT2D eigenvalue weighted by molar-refractivity contribution is 6.35. The maximum absolute atomic E-state index is 13.0. The van der Waals surface area contributed by atoms with Crippen LogP contribution in [0.25, 0.3) is 0 Å². The van der Waals surface area contributed by atoms with Crippen molar-refractivity contribution in [1.29, 1.82) is 0 Å². The van der Waals surface area contributed by atoms with Crippen LogP contribution in [0.5, 0.6) is 0 Å². The van der Waals surface area contributed by atoms with Gasteiger partial charge < -0.3 is 10.1 Å². The SMILES string of the molecule is Cc1ccccc1N1C(=O)c2ccc(C(=O)O[C@H](C)C(=O)Nc3ccc(Cl)cn3)cc2C1=O. The third kappa shape index (κ3) is 4.33. The van der Waals surface area contributed by atoms with Gasteiger partial charge in [0.15, 0.2) is 6.10 Å². The third-order valence-corrected chi connectivity index (χ3v) is 5.33. The number of nitrogens with zero attached hydrogens (tertiary/aromatic N) is 2. The Morgan fingerprint density at radius 3 is 2.45 bits per heavy atom. The zero-order valence-electron chi connectivity index (χ0n) is 17.7. The Bertz CT molecular complexity index is 1290. The van der Waals surface area contributed by atoms with E-state index in [0.717, 1.165) is 10.5 Å². The largest absolute Gasteiger partial charge is 0.449 e. The molecule has 33 heavy (non-hydrogen) atoms. The summed E-state index contributed by atoms with van der Waals surface area (Å²) in [4.78, 5) is 55.7. The average molecular weight is 464 g/mol. The number of hydrogen-bond donors (Lipinski definition) is 1. The van der Waals surface area contributed by atoms with Crippen LogP contribution < -0.4 is 10.2 Å². The summed E-state index contributed by atoms with van der Waals surface area (Å²) in [5, 5.41) is 2.93. The molecule has 0 radical (unpaired) electrons. The van der Waals surface area contributed by atoms with Gasteiger partial charge in [-0.25, -0.2) is 14.7 Å². The van der Waals surface area contributed by atoms with Crippen molar-refractivity contribution in [3.8, 4) is 0 Å². The van der Waals surface area contributed by atoms with Crippen molar-refractivity contribution in [2.24, 2.45) is 0 Å². The van der Waals surface area contributed by atoms with Crippen LogP contribution in [0.15, 0.2) is 60.8 Å². The van der Waals surface area contributed by atoms with Crippen LogP contribution in [0.4, 0.5) is 11.5 Å². The Morgan fingerprint density at radius 2 is 1.76 bits per heavy atom. The normalized spacial score (nSPS) is 13.5. The number of para-hydroxylation sites is 1. The van der Waals surface area contributed by atoms with E-state index in [4.69, 9.17) is 16.3 Å². The van der Waals surface area contributed by atoms with Gasteiger partial charge in [0.1, 0.15) is 5.82 Å². The summed E-state index contributed by atoms with van der Waals surface area (Å²) in [6.45, 7) is 3.21. The van der Waals surface area contributed by atoms with Gasteiger partial charge in [0.25, 0.3) is 17.7 Å². The number of pyridine rings is 1. The van der Waals surface area contributed by atoms with Crippen molar-refractivity contribution >= 4 is 46.8 Å². The summed E-state index contributed by atoms with van der Waals surface area (Å²) in [5.74, 6) is -2.13. The van der Waals surface area contributed by atoms with Gasteiger partial charge in [-0.15, -0.1) is 0 Å². The van der Waals surface area contributed by atoms with Gasteiger partial charge in [0.05, 0.1) is 27.4 Å². The highest BCUT2D eigenvalue weighted by Crippen LogP contribution is 2.31. The number of amides is 3. The molecule has 166 valence electrons. The Morgan fingerprint density at radius 1 is 1.03 bits per heavy atom. The Balaban J connectivity index is 1.49. The van der Waals surface area contributed by atoms with Crippen LogP contribution in [-0.2, 0) is 9.53 Å². The minimum Gasteiger partial charge on any atom is -0.449 e. The summed E-state index contributed by atoms with van der Waals surface area (Å²) < 4.78 is 5.23. The quantitative estimate of drug-likeness (QED) is 0.452. The van der Waals surface area contributed by atoms with E-state index in [2.05, 4.69) is 10.3 Å². The molecule has 1 atom stereocenters. The number of aryl methyl sites for hydroxylation is 1. The van der Waals surface area contributed by atoms with Gasteiger partial charge in [0, 0.05) is 6.20 Å². The predicted octanol–water partition coefficient (Wildman–Crippen LogP) is 4.03. The second-order valence-corrected chi connectivity index (χ2v) is 7.83. The van der Waals surface area contributed by atoms with E-state index in [1.807, 2.05) is 6.07 Å². The number of fused-ring (bicyclic) bond motifs is 1. The number of halogens is 1. The van der Waals surface area contributed by atoms with E-state index in [1.165, 1.54) is 37.4 Å². The van der Waals surface area contributed by atoms with Gasteiger partial charge in [-0.1, -0.05) is 29.8 Å². The molecule has 1 aliphatic heterocycles. The summed E-state index contributed by atoms with van der Waals surface area (Å²) in [6.07, 6.45) is 0.237. The molecule has 1 aliphatic rings. The lowest BCUT2D eigenvalue weighted by molar-refractivity contribution is -0.123. The zero-order valence-corrected chi connectivity index (χ0v) is 18.4. The number of ether oxygens (including phenoxy) is 1. The molecule has 0 saturated carbocycles. The van der Waals surface area contributed by atoms with Crippen LogP contribution in [0, 0.1) is 6.92 Å². The van der Waals surface area contributed by atoms with Crippen molar-refractivity contribution in [3.05, 3.63) is 88.1 Å². The van der Waals surface area contributed by atoms with Crippen LogP contribution >= 0.6 is 11.6 Å². The Hall–Kier alpha value is -4.04. The highest BCUT2D eigenvalue weighted by Gasteiger charge is 2.38. The van der Waals surface area contributed by atoms with Crippen molar-refractivity contribution in [3.63, 3.8) is 0 Å². The molecular weight excluding hydrogens is 446 g/mol. The molecular formula is C24H18ClN3O5. The third-order valence-electron chi connectivity index (χ3n) is 5.11. The fraction of sp³-hybridized carbons (Fsp3) is 0.125. The van der Waals surface area contributed by atoms with Crippen molar-refractivity contribution in [1.82, 2.24) is 4.98 Å². The molecule has 0 spiro atoms. The summed E-state index contributed by atoms with van der Waals surface area (Å²) in [6, 6.07) is 14.2. The predicted molar refractivity (Wildman–Crippen MR) is 122 cm³/mol. The van der Waals surface area contributed by atoms with E-state index in [9.17, 15) is 19.2 Å². The smallest absolute Gasteiger partial charge is 0.338 e. The fourth-order valence-electron chi connectivity index (χ4n) is 3.36. The minimum atomic E-state index is -1.14. The molecule has 2 heterocycles. The molecule has 8 nitrogen and oxygen atoms in total. The van der Waals surface area contributed by atoms with Crippen LogP contribution in [-0.4, -0.2) is 34.8 Å². The van der Waals surface area contributed by atoms with Gasteiger partial charge in [-0.05, 0) is 55.8 Å². The Kier molecular flexibility index (Phi) is 5.93. The lowest BCUT2D eigenvalue weighted by Gasteiger charge is -2.16. The lowest BCUT2D eigenvalue weighted by atomic mass is 10.1. The first-order valence-electron chi connectivity index (χ1n) is 9.98. The van der Waals surface area contributed by atoms with Crippen LogP contribution in [0.3, 0.4) is 0 Å². The van der Waals surface area contributed by atoms with E-state index in [1.54, 1.807) is 31.2 Å². The second-order valence-electron chi connectivity index (χ2n) is 7.39. The van der Waals surface area contributed by atoms with Crippen molar-refractivity contribution in [2.75, 3.05) is 10.2 Å². The molecule has 9 heteroatoms. The number of rotatable bonds is 5. The van der Waals surface area contributed by atoms with Crippen LogP contribution in [0.1, 0.15) is 43.6 Å². The molecule has 0 fully saturated rings. The number of carbonyl (C=O) groups is 4. The molecule has 1 N–H and O–H groups in total. The molecule has 3 amide bonds. The van der Waals surface area contributed by atoms with Crippen LogP contribution in [0.2, 0.25) is 5.02 Å². The lowest BCUT2D eigenvalue weighted by Crippen LogP contribution is -2.30. The summed E-state index contributed by atoms with van der Waals surface area (Å²) in [7, 11) is 0. The van der Waals surface area contributed by atoms with E-state index in [-0.39, 0.29) is 22.5 Å². The second kappa shape index (κ2) is 8.84. The molecule has 0 saturated heterocycles. The molecule has 4 rings (SSSR count). The minimum absolute atomic E-state index is 0.0470. The summed E-state index contributed by atoms with van der Waals surface area (Å²) in [5.41, 5.74) is 1.58. The number of hydrogen-bond acceptors (Lipinski definition) is 6. The van der Waals surface area contributed by atoms with Crippen molar-refractivity contribution in [2.45, 2.75) is 20.0 Å². The standard InChI is InChI=1S/C24H18ClN3O5/c1-13-5-3-4-6-19(13)28-22(30)17-9-7-15(11-18(17)23(28)31)24(32)33-14(2)21(29)27-20-10-8-16(25)12-26-20/h3-12,14H,1-2H3,(H,26,27,29)/t14-/m1/s1. The van der Waals surface area contributed by atoms with Gasteiger partial charge in [-0.3, -0.25) is 14.4 Å². The Labute approximate surface area is 194 Å². The number of benzene rings is 2. The van der Waals surface area contributed by atoms with E-state index >= 15 is 0 Å². The first-order valence-corrected chi connectivity index (χ1v) is 10.4. The van der Waals surface area contributed by atoms with Crippen molar-refractivity contribution < 1.29 is 23.9 Å². The number of nitrogens with one attached hydrogen (secondary N) is 1. The summed E-state index contributed by atoms with van der Waals surface area (Å²) >= 11 is 5.77. The maximum Gasteiger partial charge on any atom is 0.338 e. The van der Waals surface area contributed by atoms with E-state index < -0.39 is 29.8 Å². The fourth-order valence-corrected chi connectivity index (χ4v) is 3.47. The first-order chi connectivity index (χ1) is 15.8. The molecule has 0 bridgehead atoms. The first kappa shape index (κ1) is 22.2. The number of imide groups is 1. The molecule has 3 aromatic rings. The number of esters is 1. The molecule has 0 aliphatic carbocycles. The topological polar surface area (TPSA) is 106 Å². The number of carbonyl (C=O) groups excluding carboxylic acids is 4. The van der Waals surface area contributed by atoms with Gasteiger partial charge in [0.2, 0.25) is 0 Å². The number of anilines is 2. The highest BCUT2D eigenvalue weighted by atomic mass is 35.5. The monoisotopic (exact) mass is 463 g/mol. The maximum atomic E-state index is 13.0.